The zero-order valence-electron chi connectivity index (χ0n) is 11.6. The van der Waals surface area contributed by atoms with Crippen LogP contribution in [0.3, 0.4) is 0 Å². The first-order chi connectivity index (χ1) is 9.93. The number of hydrogen-bond acceptors (Lipinski definition) is 5. The molecule has 0 aromatic heterocycles. The molecule has 0 spiro atoms. The van der Waals surface area contributed by atoms with Crippen LogP contribution in [0, 0.1) is 5.82 Å². The van der Waals surface area contributed by atoms with Crippen LogP contribution < -0.4 is 0 Å². The molecule has 6 nitrogen and oxygen atoms in total. The van der Waals surface area contributed by atoms with Crippen LogP contribution in [0.2, 0.25) is 0 Å². The van der Waals surface area contributed by atoms with Gasteiger partial charge in [-0.2, -0.15) is 0 Å². The fraction of sp³-hybridized carbons (Fsp3) is 0.429. The van der Waals surface area contributed by atoms with E-state index >= 15 is 0 Å². The first kappa shape index (κ1) is 15.1. The molecule has 0 radical (unpaired) electrons. The van der Waals surface area contributed by atoms with E-state index in [-0.39, 0.29) is 44.0 Å². The molecule has 0 bridgehead atoms. The number of nitrogens with zero attached hydrogens (tertiary/aromatic N) is 1. The first-order valence-corrected chi connectivity index (χ1v) is 6.59. The molecule has 2 rings (SSSR count). The van der Waals surface area contributed by atoms with Gasteiger partial charge >= 0.3 is 5.97 Å². The summed E-state index contributed by atoms with van der Waals surface area (Å²) in [5.74, 6) is -3.03. The smallest absolute Gasteiger partial charge is 0.306 e. The summed E-state index contributed by atoms with van der Waals surface area (Å²) < 4.78 is 18.5. The zero-order chi connectivity index (χ0) is 15.6. The number of phenols is 2. The summed E-state index contributed by atoms with van der Waals surface area (Å²) in [6.07, 6.45) is -0.0507. The number of fused-ring (bicyclic) bond motifs is 1. The highest BCUT2D eigenvalue weighted by atomic mass is 19.1. The van der Waals surface area contributed by atoms with Crippen molar-refractivity contribution in [1.29, 1.82) is 0 Å². The van der Waals surface area contributed by atoms with Crippen LogP contribution in [0.15, 0.2) is 6.07 Å². The molecule has 0 saturated carbocycles. The SMILES string of the molecule is CCOC(=O)CCC(=O)N1Cc2cc(O)c(O)c(F)c2C1. The molecule has 1 aromatic rings. The third-order valence-corrected chi connectivity index (χ3v) is 3.33. The predicted octanol–water partition coefficient (Wildman–Crippen LogP) is 1.42. The second kappa shape index (κ2) is 5.99. The number of carbonyl (C=O) groups is 2. The average Bonchev–Trinajstić information content (AvgIpc) is 2.86. The van der Waals surface area contributed by atoms with Crippen LogP contribution in [0.25, 0.3) is 0 Å². The Morgan fingerprint density at radius 1 is 1.33 bits per heavy atom. The maximum atomic E-state index is 13.8. The molecule has 0 saturated heterocycles. The Hall–Kier alpha value is -2.31. The lowest BCUT2D eigenvalue weighted by atomic mass is 10.1. The molecule has 1 aromatic carbocycles. The van der Waals surface area contributed by atoms with Gasteiger partial charge in [0.2, 0.25) is 5.91 Å². The van der Waals surface area contributed by atoms with Gasteiger partial charge in [-0.1, -0.05) is 0 Å². The second-order valence-corrected chi connectivity index (χ2v) is 4.75. The molecular weight excluding hydrogens is 281 g/mol. The average molecular weight is 297 g/mol. The Bertz CT molecular complexity index is 587. The van der Waals surface area contributed by atoms with E-state index in [2.05, 4.69) is 0 Å². The van der Waals surface area contributed by atoms with Gasteiger partial charge in [0.25, 0.3) is 0 Å². The Morgan fingerprint density at radius 3 is 2.71 bits per heavy atom. The monoisotopic (exact) mass is 297 g/mol. The van der Waals surface area contributed by atoms with Crippen molar-refractivity contribution in [3.8, 4) is 11.5 Å². The third-order valence-electron chi connectivity index (χ3n) is 3.33. The van der Waals surface area contributed by atoms with Gasteiger partial charge in [0.15, 0.2) is 17.3 Å². The number of hydrogen-bond donors (Lipinski definition) is 2. The Morgan fingerprint density at radius 2 is 2.05 bits per heavy atom. The predicted molar refractivity (Wildman–Crippen MR) is 69.9 cm³/mol. The molecule has 0 fully saturated rings. The number of phenolic OH excluding ortho intramolecular Hbond substituents is 2. The minimum atomic E-state index is -0.911. The van der Waals surface area contributed by atoms with Crippen molar-refractivity contribution < 1.29 is 28.9 Å². The lowest BCUT2D eigenvalue weighted by Crippen LogP contribution is -2.26. The third kappa shape index (κ3) is 3.07. The van der Waals surface area contributed by atoms with Gasteiger partial charge in [0.1, 0.15) is 0 Å². The van der Waals surface area contributed by atoms with Crippen LogP contribution in [0.1, 0.15) is 30.9 Å². The van der Waals surface area contributed by atoms with Crippen molar-refractivity contribution in [2.24, 2.45) is 0 Å². The number of esters is 1. The summed E-state index contributed by atoms with van der Waals surface area (Å²) >= 11 is 0. The lowest BCUT2D eigenvalue weighted by molar-refractivity contribution is -0.145. The van der Waals surface area contributed by atoms with Crippen molar-refractivity contribution >= 4 is 11.9 Å². The van der Waals surface area contributed by atoms with Gasteiger partial charge in [0, 0.05) is 25.1 Å². The summed E-state index contributed by atoms with van der Waals surface area (Å²) in [4.78, 5) is 24.5. The molecule has 0 atom stereocenters. The highest BCUT2D eigenvalue weighted by Gasteiger charge is 2.29. The molecule has 2 N–H and O–H groups in total. The minimum Gasteiger partial charge on any atom is -0.504 e. The maximum Gasteiger partial charge on any atom is 0.306 e. The van der Waals surface area contributed by atoms with Crippen molar-refractivity contribution in [3.63, 3.8) is 0 Å². The fourth-order valence-corrected chi connectivity index (χ4v) is 2.26. The number of halogens is 1. The topological polar surface area (TPSA) is 87.1 Å². The number of aromatic hydroxyl groups is 2. The summed E-state index contributed by atoms with van der Waals surface area (Å²) in [6.45, 7) is 2.09. The van der Waals surface area contributed by atoms with Crippen LogP contribution in [-0.2, 0) is 27.4 Å². The largest absolute Gasteiger partial charge is 0.504 e. The lowest BCUT2D eigenvalue weighted by Gasteiger charge is -2.14. The van der Waals surface area contributed by atoms with Gasteiger partial charge in [0.05, 0.1) is 13.0 Å². The molecule has 1 aliphatic rings. The van der Waals surface area contributed by atoms with Gasteiger partial charge < -0.3 is 19.8 Å². The van der Waals surface area contributed by atoms with Crippen molar-refractivity contribution in [2.75, 3.05) is 6.61 Å². The molecule has 1 heterocycles. The first-order valence-electron chi connectivity index (χ1n) is 6.59. The number of carbonyl (C=O) groups excluding carboxylic acids is 2. The molecule has 114 valence electrons. The van der Waals surface area contributed by atoms with E-state index in [0.717, 1.165) is 0 Å². The fourth-order valence-electron chi connectivity index (χ4n) is 2.26. The summed E-state index contributed by atoms with van der Waals surface area (Å²) in [6, 6.07) is 1.24. The van der Waals surface area contributed by atoms with Gasteiger partial charge in [-0.15, -0.1) is 0 Å². The summed E-state index contributed by atoms with van der Waals surface area (Å²) in [7, 11) is 0. The van der Waals surface area contributed by atoms with Crippen LogP contribution in [-0.4, -0.2) is 33.6 Å². The highest BCUT2D eigenvalue weighted by molar-refractivity contribution is 5.82. The number of benzene rings is 1. The van der Waals surface area contributed by atoms with Crippen LogP contribution >= 0.6 is 0 Å². The Balaban J connectivity index is 2.01. The van der Waals surface area contributed by atoms with E-state index in [4.69, 9.17) is 4.74 Å². The van der Waals surface area contributed by atoms with Crippen LogP contribution in [0.5, 0.6) is 11.5 Å². The van der Waals surface area contributed by atoms with Gasteiger partial charge in [-0.05, 0) is 18.6 Å². The van der Waals surface area contributed by atoms with Gasteiger partial charge in [-0.25, -0.2) is 4.39 Å². The summed E-state index contributed by atoms with van der Waals surface area (Å²) in [5, 5.41) is 18.7. The van der Waals surface area contributed by atoms with Gasteiger partial charge in [-0.3, -0.25) is 9.59 Å². The highest BCUT2D eigenvalue weighted by Crippen LogP contribution is 2.37. The molecular formula is C14H16FNO5. The van der Waals surface area contributed by atoms with E-state index < -0.39 is 23.3 Å². The van der Waals surface area contributed by atoms with Crippen molar-refractivity contribution in [2.45, 2.75) is 32.9 Å². The second-order valence-electron chi connectivity index (χ2n) is 4.75. The molecule has 21 heavy (non-hydrogen) atoms. The molecule has 1 amide bonds. The molecule has 0 aliphatic carbocycles. The number of ether oxygens (including phenoxy) is 1. The normalized spacial score (nSPS) is 13.1. The van der Waals surface area contributed by atoms with Crippen LogP contribution in [0.4, 0.5) is 4.39 Å². The summed E-state index contributed by atoms with van der Waals surface area (Å²) in [5.41, 5.74) is 0.641. The minimum absolute atomic E-state index is 0.0106. The Labute approximate surface area is 120 Å². The molecule has 1 aliphatic heterocycles. The van der Waals surface area contributed by atoms with E-state index in [1.807, 2.05) is 0 Å². The van der Waals surface area contributed by atoms with E-state index in [0.29, 0.717) is 5.56 Å². The van der Waals surface area contributed by atoms with E-state index in [9.17, 15) is 24.2 Å². The van der Waals surface area contributed by atoms with E-state index in [1.54, 1.807) is 6.92 Å². The van der Waals surface area contributed by atoms with E-state index in [1.165, 1.54) is 11.0 Å². The van der Waals surface area contributed by atoms with Crippen molar-refractivity contribution in [3.05, 3.63) is 23.0 Å². The number of amides is 1. The molecule has 0 unspecified atom stereocenters. The Kier molecular flexibility index (Phi) is 4.30. The standard InChI is InChI=1S/C14H16FNO5/c1-2-21-12(19)4-3-11(18)16-6-8-5-10(17)14(20)13(15)9(8)7-16/h5,17,20H,2-4,6-7H2,1H3. The molecule has 7 heteroatoms. The zero-order valence-corrected chi connectivity index (χ0v) is 11.6. The van der Waals surface area contributed by atoms with Crippen molar-refractivity contribution in [1.82, 2.24) is 4.90 Å². The number of rotatable bonds is 4. The quantitative estimate of drug-likeness (QED) is 0.648. The maximum absolute atomic E-state index is 13.8.